The van der Waals surface area contributed by atoms with Crippen LogP contribution in [0.5, 0.6) is 11.5 Å². The third kappa shape index (κ3) is 8.39. The average molecular weight is 467 g/mol. The summed E-state index contributed by atoms with van der Waals surface area (Å²) in [6, 6.07) is 13.5. The second-order valence-electron chi connectivity index (χ2n) is 9.96. The summed E-state index contributed by atoms with van der Waals surface area (Å²) in [5.74, 6) is -0.706. The number of benzene rings is 2. The number of hydrogen-bond acceptors (Lipinski definition) is 5. The van der Waals surface area contributed by atoms with E-state index in [0.717, 1.165) is 6.42 Å². The summed E-state index contributed by atoms with van der Waals surface area (Å²) in [6.45, 7) is 11.5. The van der Waals surface area contributed by atoms with Crippen LogP contribution in [-0.2, 0) is 9.59 Å². The number of rotatable bonds is 8. The highest BCUT2D eigenvalue weighted by Crippen LogP contribution is 2.30. The lowest BCUT2D eigenvalue weighted by atomic mass is 9.82. The van der Waals surface area contributed by atoms with Gasteiger partial charge in [-0.1, -0.05) is 45.0 Å². The summed E-state index contributed by atoms with van der Waals surface area (Å²) >= 11 is 0. The SMILES string of the molecule is COc1cc(C=C(NC(=O)c2ccccc2)C(=O)NC(C)(C)CC(C)(C)C)ccc1OC(C)=O. The molecular formula is C27H34N2O5. The number of esters is 1. The van der Waals surface area contributed by atoms with Gasteiger partial charge in [-0.15, -0.1) is 0 Å². The van der Waals surface area contributed by atoms with Crippen molar-refractivity contribution in [2.45, 2.75) is 53.5 Å². The van der Waals surface area contributed by atoms with E-state index in [1.54, 1.807) is 48.5 Å². The fraction of sp³-hybridized carbons (Fsp3) is 0.370. The molecule has 0 aliphatic heterocycles. The summed E-state index contributed by atoms with van der Waals surface area (Å²) in [5.41, 5.74) is 0.576. The maximum atomic E-state index is 13.3. The molecule has 0 heterocycles. The monoisotopic (exact) mass is 466 g/mol. The van der Waals surface area contributed by atoms with Crippen molar-refractivity contribution in [3.05, 3.63) is 65.4 Å². The Kier molecular flexibility index (Phi) is 8.62. The summed E-state index contributed by atoms with van der Waals surface area (Å²) < 4.78 is 10.5. The third-order valence-electron chi connectivity index (χ3n) is 4.71. The first kappa shape index (κ1) is 26.6. The van der Waals surface area contributed by atoms with Crippen molar-refractivity contribution < 1.29 is 23.9 Å². The Morgan fingerprint density at radius 1 is 0.941 bits per heavy atom. The molecule has 0 spiro atoms. The first-order valence-electron chi connectivity index (χ1n) is 11.1. The predicted molar refractivity (Wildman–Crippen MR) is 132 cm³/mol. The van der Waals surface area contributed by atoms with Crippen molar-refractivity contribution in [1.29, 1.82) is 0 Å². The van der Waals surface area contributed by atoms with Crippen LogP contribution in [0.1, 0.15) is 63.9 Å². The van der Waals surface area contributed by atoms with Gasteiger partial charge in [0.05, 0.1) is 7.11 Å². The molecule has 0 saturated carbocycles. The molecule has 2 N–H and O–H groups in total. The van der Waals surface area contributed by atoms with Crippen LogP contribution in [0.2, 0.25) is 0 Å². The topological polar surface area (TPSA) is 93.7 Å². The Bertz CT molecular complexity index is 1070. The van der Waals surface area contributed by atoms with Crippen LogP contribution >= 0.6 is 0 Å². The normalized spacial score (nSPS) is 12.0. The fourth-order valence-corrected chi connectivity index (χ4v) is 3.87. The van der Waals surface area contributed by atoms with Crippen LogP contribution in [0.3, 0.4) is 0 Å². The van der Waals surface area contributed by atoms with Crippen molar-refractivity contribution in [3.8, 4) is 11.5 Å². The molecular weight excluding hydrogens is 432 g/mol. The fourth-order valence-electron chi connectivity index (χ4n) is 3.87. The van der Waals surface area contributed by atoms with Crippen molar-refractivity contribution in [2.24, 2.45) is 5.41 Å². The number of carbonyl (C=O) groups excluding carboxylic acids is 3. The van der Waals surface area contributed by atoms with Crippen LogP contribution in [0.4, 0.5) is 0 Å². The van der Waals surface area contributed by atoms with E-state index in [0.29, 0.717) is 16.9 Å². The predicted octanol–water partition coefficient (Wildman–Crippen LogP) is 4.72. The summed E-state index contributed by atoms with van der Waals surface area (Å²) in [4.78, 5) is 37.4. The quantitative estimate of drug-likeness (QED) is 0.333. The molecule has 7 heteroatoms. The molecule has 34 heavy (non-hydrogen) atoms. The third-order valence-corrected chi connectivity index (χ3v) is 4.71. The van der Waals surface area contributed by atoms with E-state index in [-0.39, 0.29) is 16.9 Å². The largest absolute Gasteiger partial charge is 0.493 e. The molecule has 0 bridgehead atoms. The average Bonchev–Trinajstić information content (AvgIpc) is 2.72. The number of carbonyl (C=O) groups is 3. The maximum Gasteiger partial charge on any atom is 0.308 e. The standard InChI is InChI=1S/C27H34N2O5/c1-18(30)34-22-14-13-19(16-23(22)33-7)15-21(28-24(31)20-11-9-8-10-12-20)25(32)29-27(5,6)17-26(2,3)4/h8-16H,17H2,1-7H3,(H,28,31)(H,29,32). The van der Waals surface area contributed by atoms with E-state index in [4.69, 9.17) is 9.47 Å². The molecule has 0 atom stereocenters. The summed E-state index contributed by atoms with van der Waals surface area (Å²) in [7, 11) is 1.45. The Morgan fingerprint density at radius 3 is 2.15 bits per heavy atom. The molecule has 0 saturated heterocycles. The second kappa shape index (κ2) is 11.0. The van der Waals surface area contributed by atoms with Gasteiger partial charge in [0.25, 0.3) is 11.8 Å². The van der Waals surface area contributed by atoms with Gasteiger partial charge >= 0.3 is 5.97 Å². The van der Waals surface area contributed by atoms with Crippen molar-refractivity contribution in [2.75, 3.05) is 7.11 Å². The van der Waals surface area contributed by atoms with Gasteiger partial charge < -0.3 is 20.1 Å². The van der Waals surface area contributed by atoms with Gasteiger partial charge in [-0.25, -0.2) is 0 Å². The van der Waals surface area contributed by atoms with Crippen LogP contribution in [0, 0.1) is 5.41 Å². The number of methoxy groups -OCH3 is 1. The zero-order chi connectivity index (χ0) is 25.5. The molecule has 2 aromatic rings. The van der Waals surface area contributed by atoms with Crippen LogP contribution in [-0.4, -0.2) is 30.4 Å². The summed E-state index contributed by atoms with van der Waals surface area (Å²) in [5, 5.41) is 5.77. The molecule has 0 aromatic heterocycles. The van der Waals surface area contributed by atoms with Gasteiger partial charge in [0, 0.05) is 18.0 Å². The molecule has 0 fully saturated rings. The second-order valence-corrected chi connectivity index (χ2v) is 9.96. The molecule has 0 aliphatic carbocycles. The molecule has 0 aliphatic rings. The Labute approximate surface area is 201 Å². The highest BCUT2D eigenvalue weighted by atomic mass is 16.6. The minimum absolute atomic E-state index is 0.00610. The minimum atomic E-state index is -0.511. The first-order valence-corrected chi connectivity index (χ1v) is 11.1. The number of ether oxygens (including phenoxy) is 2. The van der Waals surface area contributed by atoms with E-state index in [1.807, 2.05) is 19.9 Å². The lowest BCUT2D eigenvalue weighted by Crippen LogP contribution is -2.48. The van der Waals surface area contributed by atoms with Gasteiger partial charge in [0.2, 0.25) is 0 Å². The van der Waals surface area contributed by atoms with Gasteiger partial charge in [-0.05, 0) is 61.6 Å². The maximum absolute atomic E-state index is 13.3. The van der Waals surface area contributed by atoms with Crippen LogP contribution in [0.25, 0.3) is 6.08 Å². The Balaban J connectivity index is 2.42. The summed E-state index contributed by atoms with van der Waals surface area (Å²) in [6.07, 6.45) is 2.29. The molecule has 7 nitrogen and oxygen atoms in total. The number of nitrogens with one attached hydrogen (secondary N) is 2. The highest BCUT2D eigenvalue weighted by Gasteiger charge is 2.28. The number of hydrogen-bond donors (Lipinski definition) is 2. The van der Waals surface area contributed by atoms with Crippen LogP contribution < -0.4 is 20.1 Å². The molecule has 2 amide bonds. The van der Waals surface area contributed by atoms with E-state index >= 15 is 0 Å². The van der Waals surface area contributed by atoms with Crippen LogP contribution in [0.15, 0.2) is 54.2 Å². The highest BCUT2D eigenvalue weighted by molar-refractivity contribution is 6.05. The van der Waals surface area contributed by atoms with E-state index in [9.17, 15) is 14.4 Å². The lowest BCUT2D eigenvalue weighted by Gasteiger charge is -2.33. The first-order chi connectivity index (χ1) is 15.8. The molecule has 0 radical (unpaired) electrons. The van der Waals surface area contributed by atoms with E-state index in [1.165, 1.54) is 14.0 Å². The van der Waals surface area contributed by atoms with Crippen molar-refractivity contribution >= 4 is 23.9 Å². The van der Waals surface area contributed by atoms with Gasteiger partial charge in [0.15, 0.2) is 11.5 Å². The molecule has 2 rings (SSSR count). The Morgan fingerprint density at radius 2 is 1.59 bits per heavy atom. The van der Waals surface area contributed by atoms with Crippen molar-refractivity contribution in [1.82, 2.24) is 10.6 Å². The smallest absolute Gasteiger partial charge is 0.308 e. The van der Waals surface area contributed by atoms with E-state index < -0.39 is 23.3 Å². The molecule has 2 aromatic carbocycles. The van der Waals surface area contributed by atoms with Gasteiger partial charge in [-0.3, -0.25) is 14.4 Å². The zero-order valence-electron chi connectivity index (χ0n) is 20.9. The van der Waals surface area contributed by atoms with E-state index in [2.05, 4.69) is 31.4 Å². The zero-order valence-corrected chi connectivity index (χ0v) is 20.9. The molecule has 0 unspecified atom stereocenters. The number of amides is 2. The van der Waals surface area contributed by atoms with Gasteiger partial charge in [-0.2, -0.15) is 0 Å². The Hall–Kier alpha value is -3.61. The lowest BCUT2D eigenvalue weighted by molar-refractivity contribution is -0.132. The van der Waals surface area contributed by atoms with Gasteiger partial charge in [0.1, 0.15) is 5.70 Å². The van der Waals surface area contributed by atoms with Crippen molar-refractivity contribution in [3.63, 3.8) is 0 Å². The molecule has 182 valence electrons. The minimum Gasteiger partial charge on any atom is -0.493 e.